The van der Waals surface area contributed by atoms with Gasteiger partial charge >= 0.3 is 0 Å². The van der Waals surface area contributed by atoms with E-state index in [1.165, 1.54) is 5.56 Å². The number of carbonyl (C=O) groups excluding carboxylic acids is 1. The van der Waals surface area contributed by atoms with Gasteiger partial charge in [-0.2, -0.15) is 0 Å². The average Bonchev–Trinajstić information content (AvgIpc) is 3.22. The van der Waals surface area contributed by atoms with Crippen molar-refractivity contribution >= 4 is 5.91 Å². The van der Waals surface area contributed by atoms with Gasteiger partial charge in [-0.1, -0.05) is 31.5 Å². The van der Waals surface area contributed by atoms with Crippen LogP contribution in [0.1, 0.15) is 44.7 Å². The van der Waals surface area contributed by atoms with Crippen LogP contribution in [0, 0.1) is 6.92 Å². The molecule has 1 aliphatic carbocycles. The molecule has 1 unspecified atom stereocenters. The van der Waals surface area contributed by atoms with Crippen molar-refractivity contribution in [2.45, 2.75) is 65.3 Å². The topological polar surface area (TPSA) is 50.4 Å². The Morgan fingerprint density at radius 2 is 2.05 bits per heavy atom. The Kier molecular flexibility index (Phi) is 5.23. The first-order chi connectivity index (χ1) is 9.95. The number of hydrogen-bond acceptors (Lipinski definition) is 3. The Hall–Kier alpha value is -1.55. The summed E-state index contributed by atoms with van der Waals surface area (Å²) in [5.74, 6) is 0.757. The molecule has 0 bridgehead atoms. The minimum Gasteiger partial charge on any atom is -0.481 e. The molecule has 0 heterocycles. The predicted octanol–water partition coefficient (Wildman–Crippen LogP) is 2.54. The highest BCUT2D eigenvalue weighted by Gasteiger charge is 2.26. The third kappa shape index (κ3) is 5.05. The number of carbonyl (C=O) groups is 1. The van der Waals surface area contributed by atoms with Gasteiger partial charge in [0.05, 0.1) is 0 Å². The summed E-state index contributed by atoms with van der Waals surface area (Å²) < 4.78 is 5.87. The minimum absolute atomic E-state index is 0.0270. The molecular weight excluding hydrogens is 264 g/mol. The molecule has 2 rings (SSSR count). The van der Waals surface area contributed by atoms with E-state index in [2.05, 4.69) is 37.5 Å². The van der Waals surface area contributed by atoms with Crippen molar-refractivity contribution in [1.82, 2.24) is 10.6 Å². The standard InChI is InChI=1S/C17H26N2O2/c1-11(2)18-10-14-9-12(3)5-8-16(14)21-13(4)17(20)19-15-6-7-15/h5,8-9,11,13,15,18H,6-7,10H2,1-4H3,(H,19,20). The molecule has 1 saturated carbocycles. The fraction of sp³-hybridized carbons (Fsp3) is 0.588. The van der Waals surface area contributed by atoms with Gasteiger partial charge < -0.3 is 15.4 Å². The quantitative estimate of drug-likeness (QED) is 0.811. The SMILES string of the molecule is Cc1ccc(OC(C)C(=O)NC2CC2)c(CNC(C)C)c1. The van der Waals surface area contributed by atoms with Gasteiger partial charge in [-0.3, -0.25) is 4.79 Å². The maximum atomic E-state index is 12.0. The molecule has 1 aliphatic rings. The van der Waals surface area contributed by atoms with E-state index in [1.54, 1.807) is 6.92 Å². The highest BCUT2D eigenvalue weighted by Crippen LogP contribution is 2.23. The zero-order valence-electron chi connectivity index (χ0n) is 13.4. The van der Waals surface area contributed by atoms with Crippen LogP contribution < -0.4 is 15.4 Å². The van der Waals surface area contributed by atoms with Crippen LogP contribution >= 0.6 is 0 Å². The van der Waals surface area contributed by atoms with Crippen molar-refractivity contribution in [2.75, 3.05) is 0 Å². The summed E-state index contributed by atoms with van der Waals surface area (Å²) in [6.45, 7) is 8.83. The van der Waals surface area contributed by atoms with Gasteiger partial charge in [0.2, 0.25) is 0 Å². The minimum atomic E-state index is -0.467. The van der Waals surface area contributed by atoms with E-state index in [0.717, 1.165) is 30.7 Å². The van der Waals surface area contributed by atoms with Crippen molar-refractivity contribution < 1.29 is 9.53 Å². The molecule has 0 saturated heterocycles. The van der Waals surface area contributed by atoms with Gasteiger partial charge in [-0.05, 0) is 32.8 Å². The van der Waals surface area contributed by atoms with E-state index in [-0.39, 0.29) is 5.91 Å². The van der Waals surface area contributed by atoms with Crippen LogP contribution in [0.5, 0.6) is 5.75 Å². The first-order valence-electron chi connectivity index (χ1n) is 7.75. The second-order valence-corrected chi connectivity index (χ2v) is 6.19. The Morgan fingerprint density at radius 3 is 2.67 bits per heavy atom. The Bertz CT molecular complexity index is 496. The molecule has 1 aromatic carbocycles. The van der Waals surface area contributed by atoms with Crippen molar-refractivity contribution in [2.24, 2.45) is 0 Å². The van der Waals surface area contributed by atoms with Crippen LogP contribution in [-0.4, -0.2) is 24.1 Å². The van der Waals surface area contributed by atoms with Crippen molar-refractivity contribution in [1.29, 1.82) is 0 Å². The monoisotopic (exact) mass is 290 g/mol. The van der Waals surface area contributed by atoms with Crippen molar-refractivity contribution in [3.63, 3.8) is 0 Å². The Labute approximate surface area is 127 Å². The average molecular weight is 290 g/mol. The Morgan fingerprint density at radius 1 is 1.33 bits per heavy atom. The van der Waals surface area contributed by atoms with Crippen LogP contribution in [0.2, 0.25) is 0 Å². The molecule has 4 nitrogen and oxygen atoms in total. The molecule has 4 heteroatoms. The van der Waals surface area contributed by atoms with Crippen LogP contribution in [0.15, 0.2) is 18.2 Å². The van der Waals surface area contributed by atoms with E-state index >= 15 is 0 Å². The largest absolute Gasteiger partial charge is 0.481 e. The number of hydrogen-bond donors (Lipinski definition) is 2. The van der Waals surface area contributed by atoms with E-state index < -0.39 is 6.10 Å². The Balaban J connectivity index is 2.01. The molecule has 0 radical (unpaired) electrons. The molecule has 2 N–H and O–H groups in total. The third-order valence-electron chi connectivity index (χ3n) is 3.51. The predicted molar refractivity (Wildman–Crippen MR) is 84.4 cm³/mol. The highest BCUT2D eigenvalue weighted by molar-refractivity contribution is 5.81. The lowest BCUT2D eigenvalue weighted by molar-refractivity contribution is -0.127. The number of aryl methyl sites for hydroxylation is 1. The number of amides is 1. The molecular formula is C17H26N2O2. The summed E-state index contributed by atoms with van der Waals surface area (Å²) in [7, 11) is 0. The maximum Gasteiger partial charge on any atom is 0.260 e. The van der Waals surface area contributed by atoms with Gasteiger partial charge in [0.1, 0.15) is 5.75 Å². The highest BCUT2D eigenvalue weighted by atomic mass is 16.5. The summed E-state index contributed by atoms with van der Waals surface area (Å²) in [5.41, 5.74) is 2.28. The molecule has 1 fully saturated rings. The summed E-state index contributed by atoms with van der Waals surface area (Å²) in [6, 6.07) is 6.85. The number of rotatable bonds is 7. The first kappa shape index (κ1) is 15.8. The summed E-state index contributed by atoms with van der Waals surface area (Å²) >= 11 is 0. The van der Waals surface area contributed by atoms with Gasteiger partial charge in [0, 0.05) is 24.2 Å². The van der Waals surface area contributed by atoms with E-state index in [1.807, 2.05) is 12.1 Å². The first-order valence-corrected chi connectivity index (χ1v) is 7.75. The lowest BCUT2D eigenvalue weighted by Crippen LogP contribution is -2.37. The zero-order chi connectivity index (χ0) is 15.4. The molecule has 1 atom stereocenters. The lowest BCUT2D eigenvalue weighted by Gasteiger charge is -2.18. The number of nitrogens with one attached hydrogen (secondary N) is 2. The summed E-state index contributed by atoms with van der Waals surface area (Å²) in [5, 5.41) is 6.37. The van der Waals surface area contributed by atoms with Crippen LogP contribution in [0.3, 0.4) is 0 Å². The zero-order valence-corrected chi connectivity index (χ0v) is 13.4. The van der Waals surface area contributed by atoms with Gasteiger partial charge in [-0.15, -0.1) is 0 Å². The van der Waals surface area contributed by atoms with Crippen LogP contribution in [0.25, 0.3) is 0 Å². The maximum absolute atomic E-state index is 12.0. The van der Waals surface area contributed by atoms with Crippen molar-refractivity contribution in [3.05, 3.63) is 29.3 Å². The smallest absolute Gasteiger partial charge is 0.260 e. The molecule has 1 aromatic rings. The number of ether oxygens (including phenoxy) is 1. The third-order valence-corrected chi connectivity index (χ3v) is 3.51. The molecule has 21 heavy (non-hydrogen) atoms. The fourth-order valence-corrected chi connectivity index (χ4v) is 2.07. The van der Waals surface area contributed by atoms with Gasteiger partial charge in [0.15, 0.2) is 6.10 Å². The molecule has 116 valence electrons. The summed E-state index contributed by atoms with van der Waals surface area (Å²) in [6.07, 6.45) is 1.71. The molecule has 0 aliphatic heterocycles. The van der Waals surface area contributed by atoms with Gasteiger partial charge in [0.25, 0.3) is 5.91 Å². The second kappa shape index (κ2) is 6.94. The normalized spacial score (nSPS) is 15.9. The van der Waals surface area contributed by atoms with E-state index in [4.69, 9.17) is 4.74 Å². The van der Waals surface area contributed by atoms with Crippen LogP contribution in [-0.2, 0) is 11.3 Å². The second-order valence-electron chi connectivity index (χ2n) is 6.19. The fourth-order valence-electron chi connectivity index (χ4n) is 2.07. The lowest BCUT2D eigenvalue weighted by atomic mass is 10.1. The van der Waals surface area contributed by atoms with Crippen molar-refractivity contribution in [3.8, 4) is 5.75 Å². The molecule has 1 amide bonds. The van der Waals surface area contributed by atoms with Crippen LogP contribution in [0.4, 0.5) is 0 Å². The summed E-state index contributed by atoms with van der Waals surface area (Å²) in [4.78, 5) is 12.0. The molecule has 0 spiro atoms. The van der Waals surface area contributed by atoms with E-state index in [9.17, 15) is 4.79 Å². The van der Waals surface area contributed by atoms with Gasteiger partial charge in [-0.25, -0.2) is 0 Å². The molecule has 0 aromatic heterocycles. The number of benzene rings is 1. The van der Waals surface area contributed by atoms with E-state index in [0.29, 0.717) is 12.1 Å².